The topological polar surface area (TPSA) is 76.7 Å². The lowest BCUT2D eigenvalue weighted by molar-refractivity contribution is 0.539. The number of nitrogens with two attached hydrogens (primary N) is 1. The van der Waals surface area contributed by atoms with Crippen molar-refractivity contribution in [3.8, 4) is 0 Å². The summed E-state index contributed by atoms with van der Waals surface area (Å²) in [4.78, 5) is 13.2. The van der Waals surface area contributed by atoms with Crippen LogP contribution in [-0.4, -0.2) is 15.0 Å². The number of halogens is 1. The minimum atomic E-state index is -0.171. The fourth-order valence-corrected chi connectivity index (χ4v) is 2.45. The van der Waals surface area contributed by atoms with Crippen molar-refractivity contribution in [2.75, 3.05) is 5.43 Å². The summed E-state index contributed by atoms with van der Waals surface area (Å²) in [6, 6.07) is 5.36. The molecule has 20 heavy (non-hydrogen) atoms. The van der Waals surface area contributed by atoms with Crippen LogP contribution in [0.3, 0.4) is 0 Å². The number of hydrogen-bond acceptors (Lipinski definition) is 6. The van der Waals surface area contributed by atoms with Crippen molar-refractivity contribution in [3.05, 3.63) is 35.2 Å². The molecule has 0 bridgehead atoms. The third-order valence-electron chi connectivity index (χ3n) is 2.45. The Morgan fingerprint density at radius 3 is 2.65 bits per heavy atom. The number of hydrogen-bond donors (Lipinski definition) is 2. The molecule has 0 aliphatic rings. The molecule has 0 aromatic carbocycles. The SMILES string of the molecule is CC(C)(C)c1nc(NN)cc(Sc2ncccc2Cl)n1. The summed E-state index contributed by atoms with van der Waals surface area (Å²) < 4.78 is 0. The van der Waals surface area contributed by atoms with Gasteiger partial charge in [0.2, 0.25) is 0 Å². The maximum Gasteiger partial charge on any atom is 0.144 e. The number of aromatic nitrogens is 3. The molecule has 0 saturated heterocycles. The van der Waals surface area contributed by atoms with Crippen LogP contribution in [0.2, 0.25) is 5.02 Å². The van der Waals surface area contributed by atoms with Gasteiger partial charge in [-0.15, -0.1) is 0 Å². The van der Waals surface area contributed by atoms with Gasteiger partial charge in [-0.1, -0.05) is 32.4 Å². The first kappa shape index (κ1) is 15.0. The molecule has 0 fully saturated rings. The van der Waals surface area contributed by atoms with E-state index < -0.39 is 0 Å². The molecular formula is C13H16ClN5S. The molecule has 0 saturated carbocycles. The van der Waals surface area contributed by atoms with E-state index in [2.05, 4.69) is 20.4 Å². The van der Waals surface area contributed by atoms with E-state index in [0.29, 0.717) is 21.7 Å². The molecule has 2 rings (SSSR count). The first-order valence-corrected chi connectivity index (χ1v) is 7.24. The highest BCUT2D eigenvalue weighted by molar-refractivity contribution is 7.99. The normalized spacial score (nSPS) is 11.4. The van der Waals surface area contributed by atoms with Crippen LogP contribution < -0.4 is 11.3 Å². The third kappa shape index (κ3) is 3.59. The lowest BCUT2D eigenvalue weighted by atomic mass is 9.96. The molecule has 5 nitrogen and oxygen atoms in total. The number of nitrogen functional groups attached to an aromatic ring is 1. The fourth-order valence-electron chi connectivity index (χ4n) is 1.43. The lowest BCUT2D eigenvalue weighted by Gasteiger charge is -2.18. The predicted octanol–water partition coefficient (Wildman–Crippen LogP) is 3.26. The maximum atomic E-state index is 6.11. The monoisotopic (exact) mass is 309 g/mol. The largest absolute Gasteiger partial charge is 0.308 e. The van der Waals surface area contributed by atoms with Crippen LogP contribution in [0.1, 0.15) is 26.6 Å². The molecule has 7 heteroatoms. The van der Waals surface area contributed by atoms with Crippen molar-refractivity contribution in [2.45, 2.75) is 36.2 Å². The van der Waals surface area contributed by atoms with E-state index >= 15 is 0 Å². The summed E-state index contributed by atoms with van der Waals surface area (Å²) in [7, 11) is 0. The quantitative estimate of drug-likeness (QED) is 0.515. The number of hydrazine groups is 1. The van der Waals surface area contributed by atoms with Crippen molar-refractivity contribution < 1.29 is 0 Å². The predicted molar refractivity (Wildman–Crippen MR) is 81.9 cm³/mol. The van der Waals surface area contributed by atoms with Crippen LogP contribution in [0.25, 0.3) is 0 Å². The molecule has 0 aliphatic heterocycles. The Labute approximate surface area is 127 Å². The van der Waals surface area contributed by atoms with Gasteiger partial charge in [0, 0.05) is 17.7 Å². The number of rotatable bonds is 3. The Kier molecular flexibility index (Phi) is 4.47. The van der Waals surface area contributed by atoms with E-state index in [4.69, 9.17) is 17.4 Å². The van der Waals surface area contributed by atoms with Crippen LogP contribution in [0.15, 0.2) is 34.4 Å². The summed E-state index contributed by atoms with van der Waals surface area (Å²) in [6.45, 7) is 6.14. The Hall–Kier alpha value is -1.37. The van der Waals surface area contributed by atoms with Crippen molar-refractivity contribution in [2.24, 2.45) is 5.84 Å². The van der Waals surface area contributed by atoms with Gasteiger partial charge in [-0.25, -0.2) is 20.8 Å². The Morgan fingerprint density at radius 1 is 1.30 bits per heavy atom. The second kappa shape index (κ2) is 5.95. The molecule has 0 unspecified atom stereocenters. The van der Waals surface area contributed by atoms with Crippen LogP contribution in [0.4, 0.5) is 5.82 Å². The van der Waals surface area contributed by atoms with Gasteiger partial charge in [0.05, 0.1) is 5.02 Å². The van der Waals surface area contributed by atoms with Crippen molar-refractivity contribution in [3.63, 3.8) is 0 Å². The van der Waals surface area contributed by atoms with Gasteiger partial charge in [-0.2, -0.15) is 0 Å². The highest BCUT2D eigenvalue weighted by Crippen LogP contribution is 2.32. The van der Waals surface area contributed by atoms with Gasteiger partial charge in [-0.3, -0.25) is 0 Å². The number of pyridine rings is 1. The van der Waals surface area contributed by atoms with E-state index in [1.807, 2.05) is 20.8 Å². The average Bonchev–Trinajstić information content (AvgIpc) is 2.40. The first-order valence-electron chi connectivity index (χ1n) is 6.04. The van der Waals surface area contributed by atoms with E-state index in [1.54, 1.807) is 24.4 Å². The smallest absolute Gasteiger partial charge is 0.144 e. The molecule has 2 aromatic rings. The minimum absolute atomic E-state index is 0.171. The fraction of sp³-hybridized carbons (Fsp3) is 0.308. The zero-order valence-corrected chi connectivity index (χ0v) is 13.1. The number of nitrogens with one attached hydrogen (secondary N) is 1. The second-order valence-electron chi connectivity index (χ2n) is 5.20. The Morgan fingerprint density at radius 2 is 2.05 bits per heavy atom. The number of nitrogens with zero attached hydrogens (tertiary/aromatic N) is 3. The van der Waals surface area contributed by atoms with Crippen LogP contribution in [-0.2, 0) is 5.41 Å². The molecule has 0 atom stereocenters. The van der Waals surface area contributed by atoms with Gasteiger partial charge in [0.15, 0.2) is 0 Å². The Bertz CT molecular complexity index is 612. The second-order valence-corrected chi connectivity index (χ2v) is 6.62. The molecule has 0 aliphatic carbocycles. The summed E-state index contributed by atoms with van der Waals surface area (Å²) >= 11 is 7.49. The van der Waals surface area contributed by atoms with E-state index in [9.17, 15) is 0 Å². The molecule has 106 valence electrons. The molecule has 0 amide bonds. The van der Waals surface area contributed by atoms with Gasteiger partial charge in [0.1, 0.15) is 21.7 Å². The van der Waals surface area contributed by atoms with Crippen LogP contribution in [0, 0.1) is 0 Å². The number of anilines is 1. The molecular weight excluding hydrogens is 294 g/mol. The molecule has 2 aromatic heterocycles. The first-order chi connectivity index (χ1) is 9.40. The van der Waals surface area contributed by atoms with E-state index in [1.165, 1.54) is 11.8 Å². The standard InChI is InChI=1S/C13H16ClN5S/c1-13(2,3)12-17-9(19-15)7-10(18-12)20-11-8(14)5-4-6-16-11/h4-7H,15H2,1-3H3,(H,17,18,19). The molecule has 2 heterocycles. The van der Waals surface area contributed by atoms with Gasteiger partial charge in [0.25, 0.3) is 0 Å². The van der Waals surface area contributed by atoms with Crippen molar-refractivity contribution in [1.82, 2.24) is 15.0 Å². The lowest BCUT2D eigenvalue weighted by Crippen LogP contribution is -2.19. The van der Waals surface area contributed by atoms with E-state index in [0.717, 1.165) is 5.03 Å². The zero-order valence-electron chi connectivity index (χ0n) is 11.5. The van der Waals surface area contributed by atoms with E-state index in [-0.39, 0.29) is 5.41 Å². The molecule has 0 radical (unpaired) electrons. The summed E-state index contributed by atoms with van der Waals surface area (Å²) in [6.07, 6.45) is 1.70. The highest BCUT2D eigenvalue weighted by atomic mass is 35.5. The highest BCUT2D eigenvalue weighted by Gasteiger charge is 2.19. The van der Waals surface area contributed by atoms with Crippen LogP contribution in [0.5, 0.6) is 0 Å². The molecule has 0 spiro atoms. The van der Waals surface area contributed by atoms with Gasteiger partial charge >= 0.3 is 0 Å². The average molecular weight is 310 g/mol. The Balaban J connectivity index is 2.39. The van der Waals surface area contributed by atoms with Crippen LogP contribution >= 0.6 is 23.4 Å². The van der Waals surface area contributed by atoms with Gasteiger partial charge < -0.3 is 5.43 Å². The van der Waals surface area contributed by atoms with Gasteiger partial charge in [-0.05, 0) is 23.9 Å². The maximum absolute atomic E-state index is 6.11. The summed E-state index contributed by atoms with van der Waals surface area (Å²) in [5.74, 6) is 6.74. The third-order valence-corrected chi connectivity index (χ3v) is 3.80. The summed E-state index contributed by atoms with van der Waals surface area (Å²) in [5, 5.41) is 2.05. The zero-order chi connectivity index (χ0) is 14.8. The van der Waals surface area contributed by atoms with Crippen molar-refractivity contribution in [1.29, 1.82) is 0 Å². The minimum Gasteiger partial charge on any atom is -0.308 e. The molecule has 3 N–H and O–H groups in total. The summed E-state index contributed by atoms with van der Waals surface area (Å²) in [5.41, 5.74) is 2.39. The van der Waals surface area contributed by atoms with Crippen molar-refractivity contribution >= 4 is 29.2 Å².